The Labute approximate surface area is 126 Å². The van der Waals surface area contributed by atoms with Crippen LogP contribution >= 0.6 is 23.4 Å². The number of nitrogens with one attached hydrogen (secondary N) is 1. The molecule has 100 valence electrons. The van der Waals surface area contributed by atoms with E-state index >= 15 is 0 Å². The van der Waals surface area contributed by atoms with E-state index in [9.17, 15) is 0 Å². The molecule has 3 aromatic rings. The fraction of sp³-hybridized carbons (Fsp3) is 0.0667. The summed E-state index contributed by atoms with van der Waals surface area (Å²) in [5, 5.41) is 1.47. The Morgan fingerprint density at radius 2 is 2.10 bits per heavy atom. The molecular formula is C15H12ClN3S. The van der Waals surface area contributed by atoms with Crippen LogP contribution in [0.5, 0.6) is 0 Å². The lowest BCUT2D eigenvalue weighted by Gasteiger charge is -1.92. The van der Waals surface area contributed by atoms with Crippen LogP contribution in [0.1, 0.15) is 5.56 Å². The second kappa shape index (κ2) is 6.11. The Balaban J connectivity index is 1.64. The Morgan fingerprint density at radius 3 is 2.95 bits per heavy atom. The first-order valence-electron chi connectivity index (χ1n) is 6.17. The van der Waals surface area contributed by atoms with Gasteiger partial charge in [0, 0.05) is 11.9 Å². The van der Waals surface area contributed by atoms with Gasteiger partial charge in [-0.05, 0) is 11.6 Å². The van der Waals surface area contributed by atoms with E-state index in [0.29, 0.717) is 10.7 Å². The summed E-state index contributed by atoms with van der Waals surface area (Å²) in [6.45, 7) is 0. The predicted molar refractivity (Wildman–Crippen MR) is 85.1 cm³/mol. The Kier molecular flexibility index (Phi) is 4.04. The summed E-state index contributed by atoms with van der Waals surface area (Å²) in [5.74, 6) is 0.850. The molecule has 1 N–H and O–H groups in total. The number of rotatable bonds is 4. The number of nitrogens with zero attached hydrogens (tertiary/aromatic N) is 2. The molecule has 0 atom stereocenters. The molecule has 5 heteroatoms. The first kappa shape index (κ1) is 13.2. The zero-order valence-corrected chi connectivity index (χ0v) is 12.2. The number of aromatic nitrogens is 3. The van der Waals surface area contributed by atoms with E-state index in [-0.39, 0.29) is 0 Å². The van der Waals surface area contributed by atoms with E-state index < -0.39 is 0 Å². The van der Waals surface area contributed by atoms with Crippen molar-refractivity contribution in [3.05, 3.63) is 59.3 Å². The van der Waals surface area contributed by atoms with Gasteiger partial charge in [0.05, 0.1) is 10.5 Å². The summed E-state index contributed by atoms with van der Waals surface area (Å²) >= 11 is 7.53. The van der Waals surface area contributed by atoms with E-state index in [1.807, 2.05) is 24.3 Å². The fourth-order valence-corrected chi connectivity index (χ4v) is 2.64. The van der Waals surface area contributed by atoms with Crippen LogP contribution in [0.3, 0.4) is 0 Å². The summed E-state index contributed by atoms with van der Waals surface area (Å²) in [6, 6.07) is 12.1. The number of pyridine rings is 1. The second-order valence-electron chi connectivity index (χ2n) is 4.19. The summed E-state index contributed by atoms with van der Waals surface area (Å²) in [4.78, 5) is 11.8. The SMILES string of the molecule is Clc1cnc2nc(SCC=Cc3ccccc3)[nH]c2c1. The quantitative estimate of drug-likeness (QED) is 0.725. The minimum atomic E-state index is 0.613. The number of hydrogen-bond donors (Lipinski definition) is 1. The molecule has 0 unspecified atom stereocenters. The molecule has 2 aromatic heterocycles. The van der Waals surface area contributed by atoms with Crippen molar-refractivity contribution in [1.82, 2.24) is 15.0 Å². The predicted octanol–water partition coefficient (Wildman–Crippen LogP) is 4.42. The minimum absolute atomic E-state index is 0.613. The number of aromatic amines is 1. The average Bonchev–Trinajstić information content (AvgIpc) is 2.86. The molecule has 2 heterocycles. The van der Waals surface area contributed by atoms with Gasteiger partial charge in [-0.3, -0.25) is 0 Å². The monoisotopic (exact) mass is 301 g/mol. The molecule has 0 bridgehead atoms. The molecule has 0 fully saturated rings. The van der Waals surface area contributed by atoms with Crippen LogP contribution < -0.4 is 0 Å². The van der Waals surface area contributed by atoms with Crippen LogP contribution in [0, 0.1) is 0 Å². The van der Waals surface area contributed by atoms with Gasteiger partial charge < -0.3 is 4.98 Å². The maximum Gasteiger partial charge on any atom is 0.178 e. The van der Waals surface area contributed by atoms with Gasteiger partial charge in [-0.15, -0.1) is 0 Å². The number of halogens is 1. The van der Waals surface area contributed by atoms with Crippen molar-refractivity contribution in [3.63, 3.8) is 0 Å². The lowest BCUT2D eigenvalue weighted by atomic mass is 10.2. The molecule has 3 rings (SSSR count). The first-order chi connectivity index (χ1) is 9.81. The molecule has 0 spiro atoms. The van der Waals surface area contributed by atoms with Crippen LogP contribution in [0.4, 0.5) is 0 Å². The number of thioether (sulfide) groups is 1. The maximum absolute atomic E-state index is 5.89. The summed E-state index contributed by atoms with van der Waals surface area (Å²) < 4.78 is 0. The zero-order chi connectivity index (χ0) is 13.8. The molecule has 1 aromatic carbocycles. The van der Waals surface area contributed by atoms with Crippen LogP contribution in [0.2, 0.25) is 5.02 Å². The van der Waals surface area contributed by atoms with Crippen molar-refractivity contribution in [2.24, 2.45) is 0 Å². The van der Waals surface area contributed by atoms with Crippen LogP contribution in [-0.4, -0.2) is 20.7 Å². The highest BCUT2D eigenvalue weighted by Gasteiger charge is 2.03. The van der Waals surface area contributed by atoms with Crippen LogP contribution in [0.25, 0.3) is 17.2 Å². The second-order valence-corrected chi connectivity index (χ2v) is 5.64. The van der Waals surface area contributed by atoms with Crippen molar-refractivity contribution in [2.45, 2.75) is 5.16 Å². The van der Waals surface area contributed by atoms with Gasteiger partial charge in [-0.25, -0.2) is 9.97 Å². The van der Waals surface area contributed by atoms with Crippen molar-refractivity contribution in [2.75, 3.05) is 5.75 Å². The molecule has 0 aliphatic carbocycles. The number of fused-ring (bicyclic) bond motifs is 1. The molecule has 20 heavy (non-hydrogen) atoms. The average molecular weight is 302 g/mol. The molecule has 0 aliphatic heterocycles. The van der Waals surface area contributed by atoms with E-state index in [2.05, 4.69) is 39.2 Å². The molecule has 0 aliphatic rings. The van der Waals surface area contributed by atoms with E-state index in [4.69, 9.17) is 11.6 Å². The molecule has 0 amide bonds. The highest BCUT2D eigenvalue weighted by Crippen LogP contribution is 2.20. The maximum atomic E-state index is 5.89. The third kappa shape index (κ3) is 3.21. The zero-order valence-electron chi connectivity index (χ0n) is 10.6. The summed E-state index contributed by atoms with van der Waals surface area (Å²) in [7, 11) is 0. The minimum Gasteiger partial charge on any atom is -0.331 e. The number of benzene rings is 1. The Bertz CT molecular complexity index is 737. The van der Waals surface area contributed by atoms with E-state index in [0.717, 1.165) is 16.4 Å². The van der Waals surface area contributed by atoms with Gasteiger partial charge in [0.15, 0.2) is 10.8 Å². The largest absolute Gasteiger partial charge is 0.331 e. The van der Waals surface area contributed by atoms with Crippen LogP contribution in [-0.2, 0) is 0 Å². The normalized spacial score (nSPS) is 11.4. The van der Waals surface area contributed by atoms with Crippen molar-refractivity contribution >= 4 is 40.6 Å². The van der Waals surface area contributed by atoms with Gasteiger partial charge in [0.2, 0.25) is 0 Å². The highest BCUT2D eigenvalue weighted by atomic mass is 35.5. The van der Waals surface area contributed by atoms with Crippen molar-refractivity contribution < 1.29 is 0 Å². The van der Waals surface area contributed by atoms with Crippen molar-refractivity contribution in [1.29, 1.82) is 0 Å². The summed E-state index contributed by atoms with van der Waals surface area (Å²) in [5.41, 5.74) is 2.77. The van der Waals surface area contributed by atoms with E-state index in [1.165, 1.54) is 5.56 Å². The van der Waals surface area contributed by atoms with Gasteiger partial charge in [-0.2, -0.15) is 0 Å². The summed E-state index contributed by atoms with van der Waals surface area (Å²) in [6.07, 6.45) is 5.83. The molecule has 0 saturated heterocycles. The Hall–Kier alpha value is -1.78. The molecular weight excluding hydrogens is 290 g/mol. The third-order valence-corrected chi connectivity index (χ3v) is 3.74. The fourth-order valence-electron chi connectivity index (χ4n) is 1.80. The lowest BCUT2D eigenvalue weighted by molar-refractivity contribution is 1.08. The standard InChI is InChI=1S/C15H12ClN3S/c16-12-9-13-14(17-10-12)19-15(18-13)20-8-4-7-11-5-2-1-3-6-11/h1-7,9-10H,8H2,(H,17,18,19). The molecule has 0 saturated carbocycles. The number of imidazole rings is 1. The van der Waals surface area contributed by atoms with Crippen LogP contribution in [0.15, 0.2) is 53.8 Å². The lowest BCUT2D eigenvalue weighted by Crippen LogP contribution is -1.77. The van der Waals surface area contributed by atoms with Gasteiger partial charge in [0.25, 0.3) is 0 Å². The number of H-pyrrole nitrogens is 1. The van der Waals surface area contributed by atoms with E-state index in [1.54, 1.807) is 18.0 Å². The number of hydrogen-bond acceptors (Lipinski definition) is 3. The third-order valence-electron chi connectivity index (χ3n) is 2.71. The smallest absolute Gasteiger partial charge is 0.178 e. The van der Waals surface area contributed by atoms with Gasteiger partial charge in [0.1, 0.15) is 0 Å². The van der Waals surface area contributed by atoms with Gasteiger partial charge in [-0.1, -0.05) is 65.8 Å². The molecule has 3 nitrogen and oxygen atoms in total. The van der Waals surface area contributed by atoms with Crippen molar-refractivity contribution in [3.8, 4) is 0 Å². The highest BCUT2D eigenvalue weighted by molar-refractivity contribution is 7.99. The van der Waals surface area contributed by atoms with Gasteiger partial charge >= 0.3 is 0 Å². The first-order valence-corrected chi connectivity index (χ1v) is 7.53. The Morgan fingerprint density at radius 1 is 1.25 bits per heavy atom. The topological polar surface area (TPSA) is 41.6 Å². The molecule has 0 radical (unpaired) electrons.